The molecule has 0 amide bonds. The number of rotatable bonds is 4. The molecular weight excluding hydrogens is 307 g/mol. The van der Waals surface area contributed by atoms with Gasteiger partial charge in [-0.1, -0.05) is 29.3 Å². The van der Waals surface area contributed by atoms with Crippen LogP contribution in [0.2, 0.25) is 0 Å². The van der Waals surface area contributed by atoms with Gasteiger partial charge in [-0.05, 0) is 37.1 Å². The molecule has 19 heavy (non-hydrogen) atoms. The Hall–Kier alpha value is -1.29. The second-order valence-electron chi connectivity index (χ2n) is 4.51. The first-order valence-corrected chi connectivity index (χ1v) is 7.45. The lowest BCUT2D eigenvalue weighted by atomic mass is 10.1. The molecule has 2 aromatic rings. The zero-order chi connectivity index (χ0) is 13.8. The molecule has 0 N–H and O–H groups in total. The SMILES string of the molecule is CCCc1nc(-c2ccc(F)c(C)c2)ncc1CBr. The van der Waals surface area contributed by atoms with Crippen molar-refractivity contribution in [1.82, 2.24) is 9.97 Å². The predicted octanol–water partition coefficient (Wildman–Crippen LogP) is 4.44. The van der Waals surface area contributed by atoms with E-state index in [1.54, 1.807) is 19.1 Å². The fourth-order valence-electron chi connectivity index (χ4n) is 1.93. The minimum absolute atomic E-state index is 0.199. The van der Waals surface area contributed by atoms with Crippen molar-refractivity contribution in [2.45, 2.75) is 32.0 Å². The third-order valence-electron chi connectivity index (χ3n) is 3.00. The van der Waals surface area contributed by atoms with Gasteiger partial charge in [-0.2, -0.15) is 0 Å². The maximum atomic E-state index is 13.3. The van der Waals surface area contributed by atoms with Crippen LogP contribution in [0.1, 0.15) is 30.2 Å². The van der Waals surface area contributed by atoms with Gasteiger partial charge >= 0.3 is 0 Å². The van der Waals surface area contributed by atoms with E-state index >= 15 is 0 Å². The van der Waals surface area contributed by atoms with Crippen LogP contribution >= 0.6 is 15.9 Å². The monoisotopic (exact) mass is 322 g/mol. The molecule has 0 spiro atoms. The highest BCUT2D eigenvalue weighted by Crippen LogP contribution is 2.21. The zero-order valence-electron chi connectivity index (χ0n) is 11.1. The third kappa shape index (κ3) is 3.18. The molecule has 1 aromatic heterocycles. The number of aromatic nitrogens is 2. The van der Waals surface area contributed by atoms with Gasteiger partial charge in [-0.3, -0.25) is 0 Å². The minimum atomic E-state index is -0.199. The Morgan fingerprint density at radius 3 is 2.74 bits per heavy atom. The minimum Gasteiger partial charge on any atom is -0.236 e. The fourth-order valence-corrected chi connectivity index (χ4v) is 2.40. The lowest BCUT2D eigenvalue weighted by Gasteiger charge is -2.08. The van der Waals surface area contributed by atoms with E-state index in [0.717, 1.165) is 35.0 Å². The van der Waals surface area contributed by atoms with Crippen molar-refractivity contribution in [3.8, 4) is 11.4 Å². The Kier molecular flexibility index (Phi) is 4.64. The van der Waals surface area contributed by atoms with Gasteiger partial charge in [0.1, 0.15) is 5.82 Å². The van der Waals surface area contributed by atoms with Gasteiger partial charge in [0.15, 0.2) is 5.82 Å². The van der Waals surface area contributed by atoms with Gasteiger partial charge < -0.3 is 0 Å². The van der Waals surface area contributed by atoms with Crippen LogP contribution in [0.4, 0.5) is 4.39 Å². The second kappa shape index (κ2) is 6.24. The van der Waals surface area contributed by atoms with Crippen molar-refractivity contribution < 1.29 is 4.39 Å². The smallest absolute Gasteiger partial charge is 0.159 e. The van der Waals surface area contributed by atoms with Crippen molar-refractivity contribution in [3.05, 3.63) is 47.0 Å². The van der Waals surface area contributed by atoms with Gasteiger partial charge in [0.05, 0.1) is 0 Å². The highest BCUT2D eigenvalue weighted by atomic mass is 79.9. The number of alkyl halides is 1. The molecular formula is C15H16BrFN2. The Balaban J connectivity index is 2.44. The Morgan fingerprint density at radius 1 is 1.32 bits per heavy atom. The lowest BCUT2D eigenvalue weighted by Crippen LogP contribution is -2.00. The number of hydrogen-bond donors (Lipinski definition) is 0. The quantitative estimate of drug-likeness (QED) is 0.778. The molecule has 0 bridgehead atoms. The molecule has 2 nitrogen and oxygen atoms in total. The van der Waals surface area contributed by atoms with E-state index < -0.39 is 0 Å². The van der Waals surface area contributed by atoms with Crippen molar-refractivity contribution in [2.24, 2.45) is 0 Å². The van der Waals surface area contributed by atoms with E-state index in [2.05, 4.69) is 32.8 Å². The van der Waals surface area contributed by atoms with Crippen LogP contribution in [0.3, 0.4) is 0 Å². The summed E-state index contributed by atoms with van der Waals surface area (Å²) >= 11 is 3.45. The molecule has 0 aliphatic rings. The average Bonchev–Trinajstić information content (AvgIpc) is 2.42. The molecule has 0 fully saturated rings. The Bertz CT molecular complexity index is 584. The van der Waals surface area contributed by atoms with Gasteiger partial charge in [0.2, 0.25) is 0 Å². The highest BCUT2D eigenvalue weighted by Gasteiger charge is 2.08. The third-order valence-corrected chi connectivity index (χ3v) is 3.61. The van der Waals surface area contributed by atoms with Gasteiger partial charge in [-0.15, -0.1) is 0 Å². The number of halogens is 2. The van der Waals surface area contributed by atoms with Crippen LogP contribution in [0.15, 0.2) is 24.4 Å². The summed E-state index contributed by atoms with van der Waals surface area (Å²) < 4.78 is 13.3. The fraction of sp³-hybridized carbons (Fsp3) is 0.333. The van der Waals surface area contributed by atoms with Crippen LogP contribution in [0.5, 0.6) is 0 Å². The standard InChI is InChI=1S/C15H16BrFN2/c1-3-4-14-12(8-16)9-18-15(19-14)11-5-6-13(17)10(2)7-11/h5-7,9H,3-4,8H2,1-2H3. The van der Waals surface area contributed by atoms with Crippen LogP contribution in [-0.2, 0) is 11.8 Å². The Morgan fingerprint density at radius 2 is 2.11 bits per heavy atom. The summed E-state index contributed by atoms with van der Waals surface area (Å²) in [6.07, 6.45) is 3.82. The summed E-state index contributed by atoms with van der Waals surface area (Å²) in [5.41, 5.74) is 3.65. The van der Waals surface area contributed by atoms with Crippen molar-refractivity contribution in [2.75, 3.05) is 0 Å². The molecule has 4 heteroatoms. The van der Waals surface area contributed by atoms with Crippen LogP contribution in [-0.4, -0.2) is 9.97 Å². The first-order valence-electron chi connectivity index (χ1n) is 6.33. The molecule has 0 aliphatic heterocycles. The van der Waals surface area contributed by atoms with Gasteiger partial charge in [-0.25, -0.2) is 14.4 Å². The van der Waals surface area contributed by atoms with E-state index in [0.29, 0.717) is 11.4 Å². The predicted molar refractivity (Wildman–Crippen MR) is 78.8 cm³/mol. The van der Waals surface area contributed by atoms with Crippen molar-refractivity contribution in [1.29, 1.82) is 0 Å². The van der Waals surface area contributed by atoms with E-state index in [-0.39, 0.29) is 5.82 Å². The maximum Gasteiger partial charge on any atom is 0.159 e. The topological polar surface area (TPSA) is 25.8 Å². The number of benzene rings is 1. The number of nitrogens with zero attached hydrogens (tertiary/aromatic N) is 2. The molecule has 100 valence electrons. The number of aryl methyl sites for hydroxylation is 2. The second-order valence-corrected chi connectivity index (χ2v) is 5.07. The molecule has 0 aliphatic carbocycles. The molecule has 0 saturated carbocycles. The van der Waals surface area contributed by atoms with Crippen LogP contribution < -0.4 is 0 Å². The molecule has 1 heterocycles. The maximum absolute atomic E-state index is 13.3. The molecule has 1 aromatic carbocycles. The summed E-state index contributed by atoms with van der Waals surface area (Å²) in [5.74, 6) is 0.464. The Labute approximate surface area is 121 Å². The first kappa shape index (κ1) is 14.1. The molecule has 0 unspecified atom stereocenters. The lowest BCUT2D eigenvalue weighted by molar-refractivity contribution is 0.618. The molecule has 2 rings (SSSR count). The average molecular weight is 323 g/mol. The van der Waals surface area contributed by atoms with E-state index in [9.17, 15) is 4.39 Å². The summed E-state index contributed by atoms with van der Waals surface area (Å²) in [6.45, 7) is 3.88. The first-order chi connectivity index (χ1) is 9.15. The van der Waals surface area contributed by atoms with Gasteiger partial charge in [0.25, 0.3) is 0 Å². The molecule has 0 radical (unpaired) electrons. The zero-order valence-corrected chi connectivity index (χ0v) is 12.7. The highest BCUT2D eigenvalue weighted by molar-refractivity contribution is 9.08. The van der Waals surface area contributed by atoms with Crippen molar-refractivity contribution >= 4 is 15.9 Å². The van der Waals surface area contributed by atoms with Crippen LogP contribution in [0.25, 0.3) is 11.4 Å². The van der Waals surface area contributed by atoms with E-state index in [4.69, 9.17) is 0 Å². The van der Waals surface area contributed by atoms with Gasteiger partial charge in [0, 0.05) is 28.3 Å². The molecule has 0 atom stereocenters. The van der Waals surface area contributed by atoms with E-state index in [1.807, 2.05) is 6.20 Å². The molecule has 0 saturated heterocycles. The summed E-state index contributed by atoms with van der Waals surface area (Å²) in [5, 5.41) is 0.755. The number of hydrogen-bond acceptors (Lipinski definition) is 2. The summed E-state index contributed by atoms with van der Waals surface area (Å²) in [6, 6.07) is 4.97. The largest absolute Gasteiger partial charge is 0.236 e. The summed E-state index contributed by atoms with van der Waals surface area (Å²) in [7, 11) is 0. The van der Waals surface area contributed by atoms with E-state index in [1.165, 1.54) is 6.07 Å². The summed E-state index contributed by atoms with van der Waals surface area (Å²) in [4.78, 5) is 8.98. The van der Waals surface area contributed by atoms with Crippen molar-refractivity contribution in [3.63, 3.8) is 0 Å². The van der Waals surface area contributed by atoms with Crippen LogP contribution in [0, 0.1) is 12.7 Å². The normalized spacial score (nSPS) is 10.7.